The lowest BCUT2D eigenvalue weighted by Crippen LogP contribution is -2.37. The standard InChI is InChI=1S/C23H26N4O/c1-2-6-17(7-3-1)21-19-8-4-5-9-20(19)26-22(27-21)25-15-18-14-23(16-28-18)10-12-24-13-11-23/h1-9,18,24H,10-16H2,(H,25,26,27). The molecule has 28 heavy (non-hydrogen) atoms. The maximum atomic E-state index is 6.12. The molecule has 5 nitrogen and oxygen atoms in total. The van der Waals surface area contributed by atoms with E-state index in [1.807, 2.05) is 36.4 Å². The lowest BCUT2D eigenvalue weighted by Gasteiger charge is -2.32. The summed E-state index contributed by atoms with van der Waals surface area (Å²) in [5, 5.41) is 7.98. The van der Waals surface area contributed by atoms with E-state index >= 15 is 0 Å². The first-order valence-electron chi connectivity index (χ1n) is 10.2. The van der Waals surface area contributed by atoms with Gasteiger partial charge in [0.1, 0.15) is 0 Å². The Morgan fingerprint density at radius 2 is 1.79 bits per heavy atom. The van der Waals surface area contributed by atoms with Crippen LogP contribution in [0.3, 0.4) is 0 Å². The van der Waals surface area contributed by atoms with Gasteiger partial charge in [0, 0.05) is 17.5 Å². The van der Waals surface area contributed by atoms with Gasteiger partial charge in [-0.25, -0.2) is 9.97 Å². The van der Waals surface area contributed by atoms with Crippen LogP contribution in [-0.2, 0) is 4.74 Å². The molecular formula is C23H26N4O. The third-order valence-electron chi connectivity index (χ3n) is 6.09. The lowest BCUT2D eigenvalue weighted by molar-refractivity contribution is 0.0924. The number of ether oxygens (including phenoxy) is 1. The number of nitrogens with one attached hydrogen (secondary N) is 2. The van der Waals surface area contributed by atoms with E-state index in [-0.39, 0.29) is 6.10 Å². The Kier molecular flexibility index (Phi) is 4.71. The zero-order valence-corrected chi connectivity index (χ0v) is 16.0. The van der Waals surface area contributed by atoms with E-state index in [0.29, 0.717) is 11.4 Å². The fourth-order valence-electron chi connectivity index (χ4n) is 4.51. The van der Waals surface area contributed by atoms with Crippen LogP contribution in [0.25, 0.3) is 22.2 Å². The third kappa shape index (κ3) is 3.48. The van der Waals surface area contributed by atoms with Gasteiger partial charge in [-0.2, -0.15) is 0 Å². The van der Waals surface area contributed by atoms with Crippen LogP contribution < -0.4 is 10.6 Å². The predicted molar refractivity (Wildman–Crippen MR) is 112 cm³/mol. The number of hydrogen-bond acceptors (Lipinski definition) is 5. The smallest absolute Gasteiger partial charge is 0.223 e. The first kappa shape index (κ1) is 17.6. The SMILES string of the molecule is c1ccc(-c2nc(NCC3CC4(CCNCC4)CO3)nc3ccccc23)cc1. The molecular weight excluding hydrogens is 348 g/mol. The van der Waals surface area contributed by atoms with Gasteiger partial charge in [-0.1, -0.05) is 48.5 Å². The number of benzene rings is 2. The minimum atomic E-state index is 0.230. The lowest BCUT2D eigenvalue weighted by atomic mass is 9.77. The molecule has 5 rings (SSSR count). The van der Waals surface area contributed by atoms with Gasteiger partial charge in [-0.15, -0.1) is 0 Å². The van der Waals surface area contributed by atoms with Crippen LogP contribution in [-0.4, -0.2) is 42.3 Å². The largest absolute Gasteiger partial charge is 0.376 e. The molecule has 1 spiro atoms. The molecule has 0 saturated carbocycles. The van der Waals surface area contributed by atoms with Crippen molar-refractivity contribution in [2.45, 2.75) is 25.4 Å². The molecule has 2 saturated heterocycles. The summed E-state index contributed by atoms with van der Waals surface area (Å²) < 4.78 is 6.12. The van der Waals surface area contributed by atoms with E-state index in [2.05, 4.69) is 28.8 Å². The number of rotatable bonds is 4. The third-order valence-corrected chi connectivity index (χ3v) is 6.09. The zero-order chi connectivity index (χ0) is 18.8. The van der Waals surface area contributed by atoms with Crippen molar-refractivity contribution in [3.63, 3.8) is 0 Å². The van der Waals surface area contributed by atoms with E-state index in [9.17, 15) is 0 Å². The van der Waals surface area contributed by atoms with E-state index in [1.54, 1.807) is 0 Å². The summed E-state index contributed by atoms with van der Waals surface area (Å²) in [6, 6.07) is 18.5. The van der Waals surface area contributed by atoms with Gasteiger partial charge in [0.2, 0.25) is 5.95 Å². The summed E-state index contributed by atoms with van der Waals surface area (Å²) in [7, 11) is 0. The molecule has 2 fully saturated rings. The Bertz CT molecular complexity index is 953. The van der Waals surface area contributed by atoms with Crippen molar-refractivity contribution in [3.05, 3.63) is 54.6 Å². The number of piperidine rings is 1. The topological polar surface area (TPSA) is 59.1 Å². The molecule has 2 N–H and O–H groups in total. The first-order valence-corrected chi connectivity index (χ1v) is 10.2. The Labute approximate surface area is 165 Å². The normalized spacial score (nSPS) is 21.2. The summed E-state index contributed by atoms with van der Waals surface area (Å²) in [6.45, 7) is 3.85. The Balaban J connectivity index is 1.36. The van der Waals surface area contributed by atoms with Gasteiger partial charge < -0.3 is 15.4 Å². The van der Waals surface area contributed by atoms with Crippen LogP contribution in [0.1, 0.15) is 19.3 Å². The second-order valence-electron chi connectivity index (χ2n) is 8.05. The molecule has 144 valence electrons. The first-order chi connectivity index (χ1) is 13.8. The summed E-state index contributed by atoms with van der Waals surface area (Å²) in [4.78, 5) is 9.59. The fraction of sp³-hybridized carbons (Fsp3) is 0.391. The minimum absolute atomic E-state index is 0.230. The number of anilines is 1. The van der Waals surface area contributed by atoms with Crippen molar-refractivity contribution in [3.8, 4) is 11.3 Å². The van der Waals surface area contributed by atoms with Crippen molar-refractivity contribution in [2.24, 2.45) is 5.41 Å². The molecule has 2 aliphatic heterocycles. The number of nitrogens with zero attached hydrogens (tertiary/aromatic N) is 2. The van der Waals surface area contributed by atoms with Crippen molar-refractivity contribution in [2.75, 3.05) is 31.6 Å². The maximum Gasteiger partial charge on any atom is 0.223 e. The minimum Gasteiger partial charge on any atom is -0.376 e. The van der Waals surface area contributed by atoms with E-state index < -0.39 is 0 Å². The van der Waals surface area contributed by atoms with Crippen molar-refractivity contribution >= 4 is 16.9 Å². The Hall–Kier alpha value is -2.50. The molecule has 1 unspecified atom stereocenters. The van der Waals surface area contributed by atoms with E-state index in [1.165, 1.54) is 12.8 Å². The number of aromatic nitrogens is 2. The molecule has 5 heteroatoms. The summed E-state index contributed by atoms with van der Waals surface area (Å²) in [5.41, 5.74) is 3.41. The van der Waals surface area contributed by atoms with Crippen LogP contribution in [0.15, 0.2) is 54.6 Å². The molecule has 0 bridgehead atoms. The number of para-hydroxylation sites is 1. The quantitative estimate of drug-likeness (QED) is 0.726. The highest BCUT2D eigenvalue weighted by Gasteiger charge is 2.40. The van der Waals surface area contributed by atoms with Crippen molar-refractivity contribution < 1.29 is 4.74 Å². The predicted octanol–water partition coefficient (Wildman–Crippen LogP) is 3.87. The molecule has 0 amide bonds. The van der Waals surface area contributed by atoms with Crippen LogP contribution in [0.5, 0.6) is 0 Å². The second kappa shape index (κ2) is 7.49. The number of fused-ring (bicyclic) bond motifs is 1. The van der Waals surface area contributed by atoms with Crippen LogP contribution >= 0.6 is 0 Å². The summed E-state index contributed by atoms with van der Waals surface area (Å²) in [5.74, 6) is 0.674. The summed E-state index contributed by atoms with van der Waals surface area (Å²) in [6.07, 6.45) is 3.79. The second-order valence-corrected chi connectivity index (χ2v) is 8.05. The average Bonchev–Trinajstić information content (AvgIpc) is 3.15. The fourth-order valence-corrected chi connectivity index (χ4v) is 4.51. The average molecular weight is 374 g/mol. The van der Waals surface area contributed by atoms with Gasteiger partial charge in [-0.3, -0.25) is 0 Å². The highest BCUT2D eigenvalue weighted by atomic mass is 16.5. The molecule has 0 radical (unpaired) electrons. The van der Waals surface area contributed by atoms with Crippen LogP contribution in [0.2, 0.25) is 0 Å². The Morgan fingerprint density at radius 1 is 1.00 bits per heavy atom. The molecule has 1 atom stereocenters. The zero-order valence-electron chi connectivity index (χ0n) is 16.0. The molecule has 1 aromatic heterocycles. The molecule has 3 aromatic rings. The van der Waals surface area contributed by atoms with Gasteiger partial charge in [0.05, 0.1) is 23.9 Å². The molecule has 2 aliphatic rings. The Morgan fingerprint density at radius 3 is 2.64 bits per heavy atom. The highest BCUT2D eigenvalue weighted by molar-refractivity contribution is 5.93. The monoisotopic (exact) mass is 374 g/mol. The van der Waals surface area contributed by atoms with Crippen molar-refractivity contribution in [1.82, 2.24) is 15.3 Å². The summed E-state index contributed by atoms with van der Waals surface area (Å²) >= 11 is 0. The highest BCUT2D eigenvalue weighted by Crippen LogP contribution is 2.40. The molecule has 0 aliphatic carbocycles. The van der Waals surface area contributed by atoms with Gasteiger partial charge in [0.25, 0.3) is 0 Å². The number of hydrogen-bond donors (Lipinski definition) is 2. The van der Waals surface area contributed by atoms with Crippen molar-refractivity contribution in [1.29, 1.82) is 0 Å². The van der Waals surface area contributed by atoms with E-state index in [0.717, 1.165) is 54.8 Å². The van der Waals surface area contributed by atoms with E-state index in [4.69, 9.17) is 14.7 Å². The van der Waals surface area contributed by atoms with Gasteiger partial charge in [-0.05, 0) is 43.8 Å². The van der Waals surface area contributed by atoms with Crippen LogP contribution in [0.4, 0.5) is 5.95 Å². The molecule has 3 heterocycles. The van der Waals surface area contributed by atoms with Crippen LogP contribution in [0, 0.1) is 5.41 Å². The maximum absolute atomic E-state index is 6.12. The van der Waals surface area contributed by atoms with Gasteiger partial charge >= 0.3 is 0 Å². The molecule has 2 aromatic carbocycles. The van der Waals surface area contributed by atoms with Gasteiger partial charge in [0.15, 0.2) is 0 Å².